The Balaban J connectivity index is 1.16. The van der Waals surface area contributed by atoms with Crippen molar-refractivity contribution >= 4 is 113 Å². The highest BCUT2D eigenvalue weighted by molar-refractivity contribution is 7.79. The summed E-state index contributed by atoms with van der Waals surface area (Å²) in [6.07, 6.45) is 4.47. The summed E-state index contributed by atoms with van der Waals surface area (Å²) in [5, 5.41) is 8.99. The average Bonchev–Trinajstić information content (AvgIpc) is 3.80. The number of rotatable bonds is 4. The van der Waals surface area contributed by atoms with Crippen LogP contribution in [0.2, 0.25) is 0 Å². The fourth-order valence-electron chi connectivity index (χ4n) is 6.77. The van der Waals surface area contributed by atoms with Gasteiger partial charge in [0.05, 0.1) is 0 Å². The van der Waals surface area contributed by atoms with Crippen molar-refractivity contribution in [2.24, 2.45) is 0 Å². The Labute approximate surface area is 295 Å². The van der Waals surface area contributed by atoms with E-state index in [1.165, 1.54) is 65.8 Å². The van der Waals surface area contributed by atoms with Crippen molar-refractivity contribution in [2.75, 3.05) is 13.3 Å². The van der Waals surface area contributed by atoms with Crippen LogP contribution in [-0.4, -0.2) is 34.6 Å². The molecule has 0 aliphatic heterocycles. The van der Waals surface area contributed by atoms with Gasteiger partial charge in [0.1, 0.15) is 0 Å². The standard InChI is InChI=1S/C42H28N3PS3/c1-46(2,3)27-15-19-33-32-18-14-26(22-38(32)49-39(33)23-27)42-44-40(24-12-16-30-28-8-4-6-10-34(28)47-36(30)20-24)43-41(45-42)25-13-17-31-29-9-5-7-11-35(29)48-37(31)21-25/h4-23H,1H2,2-3H3. The maximum absolute atomic E-state index is 5.15. The molecule has 7 heteroatoms. The summed E-state index contributed by atoms with van der Waals surface area (Å²) >= 11 is 5.45. The van der Waals surface area contributed by atoms with Crippen molar-refractivity contribution in [3.63, 3.8) is 0 Å². The van der Waals surface area contributed by atoms with Gasteiger partial charge >= 0.3 is 0 Å². The summed E-state index contributed by atoms with van der Waals surface area (Å²) in [5.74, 6) is 2.04. The van der Waals surface area contributed by atoms with Crippen LogP contribution in [0.4, 0.5) is 0 Å². The SMILES string of the molecule is C=P(C)(C)c1ccc2c(c1)sc1cc(-c3nc(-c4ccc5c(c4)sc4ccccc45)nc(-c4ccc5c(c4)sc4ccccc45)n3)ccc12. The van der Waals surface area contributed by atoms with Crippen LogP contribution in [0.15, 0.2) is 121 Å². The second-order valence-corrected chi connectivity index (χ2v) is 20.2. The first-order valence-electron chi connectivity index (χ1n) is 16.1. The minimum Gasteiger partial charge on any atom is -0.208 e. The second-order valence-electron chi connectivity index (χ2n) is 13.1. The van der Waals surface area contributed by atoms with Crippen molar-refractivity contribution in [3.05, 3.63) is 121 Å². The Morgan fingerprint density at radius 2 is 0.755 bits per heavy atom. The molecule has 10 aromatic rings. The lowest BCUT2D eigenvalue weighted by Crippen LogP contribution is -2.01. The molecule has 0 saturated heterocycles. The molecule has 4 aromatic heterocycles. The van der Waals surface area contributed by atoms with Gasteiger partial charge in [0.2, 0.25) is 0 Å². The molecule has 0 amide bonds. The smallest absolute Gasteiger partial charge is 0.164 e. The Bertz CT molecular complexity index is 2880. The van der Waals surface area contributed by atoms with E-state index >= 15 is 0 Å². The van der Waals surface area contributed by atoms with E-state index in [0.717, 1.165) is 16.7 Å². The van der Waals surface area contributed by atoms with Gasteiger partial charge in [0, 0.05) is 77.2 Å². The molecule has 0 fully saturated rings. The minimum atomic E-state index is -1.36. The molecule has 0 N–H and O–H groups in total. The molecular formula is C42H28N3PS3. The third-order valence-electron chi connectivity index (χ3n) is 9.32. The number of benzene rings is 6. The van der Waals surface area contributed by atoms with Crippen LogP contribution < -0.4 is 5.30 Å². The fourth-order valence-corrected chi connectivity index (χ4v) is 11.3. The predicted molar refractivity (Wildman–Crippen MR) is 220 cm³/mol. The molecular weight excluding hydrogens is 674 g/mol. The summed E-state index contributed by atoms with van der Waals surface area (Å²) in [5.41, 5.74) is 2.96. The zero-order valence-electron chi connectivity index (χ0n) is 26.8. The van der Waals surface area contributed by atoms with Crippen LogP contribution in [0.3, 0.4) is 0 Å². The molecule has 6 aromatic carbocycles. The highest BCUT2D eigenvalue weighted by Gasteiger charge is 2.17. The quantitative estimate of drug-likeness (QED) is 0.171. The van der Waals surface area contributed by atoms with Crippen molar-refractivity contribution in [1.82, 2.24) is 15.0 Å². The molecule has 0 unspecified atom stereocenters. The molecule has 0 atom stereocenters. The van der Waals surface area contributed by atoms with Gasteiger partial charge in [-0.2, -0.15) is 0 Å². The van der Waals surface area contributed by atoms with Crippen LogP contribution in [-0.2, 0) is 0 Å². The van der Waals surface area contributed by atoms with E-state index in [1.807, 2.05) is 34.0 Å². The van der Waals surface area contributed by atoms with Gasteiger partial charge in [-0.25, -0.2) is 15.0 Å². The summed E-state index contributed by atoms with van der Waals surface area (Å²) in [6.45, 7) is 3.18. The third kappa shape index (κ3) is 4.86. The van der Waals surface area contributed by atoms with E-state index in [0.29, 0.717) is 17.5 Å². The summed E-state index contributed by atoms with van der Waals surface area (Å²) in [6, 6.07) is 43.9. The first-order chi connectivity index (χ1) is 23.9. The first kappa shape index (κ1) is 29.2. The molecule has 49 heavy (non-hydrogen) atoms. The van der Waals surface area contributed by atoms with Crippen LogP contribution in [0, 0.1) is 0 Å². The molecule has 3 nitrogen and oxygen atoms in total. The van der Waals surface area contributed by atoms with Gasteiger partial charge in [-0.1, -0.05) is 98.1 Å². The lowest BCUT2D eigenvalue weighted by Gasteiger charge is -2.12. The highest BCUT2D eigenvalue weighted by Crippen LogP contribution is 2.41. The van der Waals surface area contributed by atoms with E-state index in [-0.39, 0.29) is 0 Å². The maximum Gasteiger partial charge on any atom is 0.164 e. The molecule has 10 rings (SSSR count). The number of thiophene rings is 3. The van der Waals surface area contributed by atoms with Crippen molar-refractivity contribution in [3.8, 4) is 34.2 Å². The lowest BCUT2D eigenvalue weighted by molar-refractivity contribution is 1.08. The van der Waals surface area contributed by atoms with Crippen LogP contribution in [0.1, 0.15) is 0 Å². The summed E-state index contributed by atoms with van der Waals surface area (Å²) < 4.78 is 7.56. The van der Waals surface area contributed by atoms with Gasteiger partial charge in [0.15, 0.2) is 17.5 Å². The normalized spacial score (nSPS) is 12.4. The Morgan fingerprint density at radius 1 is 0.408 bits per heavy atom. The van der Waals surface area contributed by atoms with Gasteiger partial charge in [0.25, 0.3) is 0 Å². The van der Waals surface area contributed by atoms with E-state index in [2.05, 4.69) is 141 Å². The van der Waals surface area contributed by atoms with Crippen LogP contribution in [0.5, 0.6) is 0 Å². The lowest BCUT2D eigenvalue weighted by atomic mass is 10.1. The van der Waals surface area contributed by atoms with Gasteiger partial charge in [-0.15, -0.1) is 34.0 Å². The van der Waals surface area contributed by atoms with Crippen molar-refractivity contribution in [2.45, 2.75) is 0 Å². The van der Waals surface area contributed by atoms with E-state index in [9.17, 15) is 0 Å². The van der Waals surface area contributed by atoms with E-state index in [1.54, 1.807) is 0 Å². The Kier molecular flexibility index (Phi) is 6.50. The first-order valence-corrected chi connectivity index (χ1v) is 21.4. The van der Waals surface area contributed by atoms with Crippen molar-refractivity contribution in [1.29, 1.82) is 0 Å². The van der Waals surface area contributed by atoms with Gasteiger partial charge in [-0.05, 0) is 55.0 Å². The molecule has 4 heterocycles. The number of nitrogens with zero attached hydrogens (tertiary/aromatic N) is 3. The summed E-state index contributed by atoms with van der Waals surface area (Å²) in [4.78, 5) is 15.4. The largest absolute Gasteiger partial charge is 0.208 e. The van der Waals surface area contributed by atoms with Crippen LogP contribution in [0.25, 0.3) is 94.7 Å². The van der Waals surface area contributed by atoms with Crippen LogP contribution >= 0.6 is 40.9 Å². The summed E-state index contributed by atoms with van der Waals surface area (Å²) in [7, 11) is 0. The number of hydrogen-bond donors (Lipinski definition) is 0. The topological polar surface area (TPSA) is 38.7 Å². The number of hydrogen-bond acceptors (Lipinski definition) is 6. The average molecular weight is 702 g/mol. The van der Waals surface area contributed by atoms with E-state index < -0.39 is 6.89 Å². The maximum atomic E-state index is 5.15. The molecule has 0 saturated carbocycles. The fraction of sp³-hybridized carbons (Fsp3) is 0.0476. The zero-order chi connectivity index (χ0) is 32.9. The van der Waals surface area contributed by atoms with Crippen molar-refractivity contribution < 1.29 is 0 Å². The number of fused-ring (bicyclic) bond motifs is 9. The molecule has 234 valence electrons. The molecule has 0 bridgehead atoms. The minimum absolute atomic E-state index is 0.678. The Hall–Kier alpha value is -4.71. The predicted octanol–water partition coefficient (Wildman–Crippen LogP) is 12.3. The third-order valence-corrected chi connectivity index (χ3v) is 14.4. The molecule has 0 aliphatic carbocycles. The van der Waals surface area contributed by atoms with Gasteiger partial charge < -0.3 is 0 Å². The van der Waals surface area contributed by atoms with Gasteiger partial charge in [-0.3, -0.25) is 0 Å². The Morgan fingerprint density at radius 3 is 1.18 bits per heavy atom. The molecule has 0 aliphatic rings. The monoisotopic (exact) mass is 701 g/mol. The number of aromatic nitrogens is 3. The molecule has 0 spiro atoms. The second kappa shape index (κ2) is 10.9. The zero-order valence-corrected chi connectivity index (χ0v) is 30.1. The van der Waals surface area contributed by atoms with E-state index in [4.69, 9.17) is 15.0 Å². The highest BCUT2D eigenvalue weighted by atomic mass is 32.1. The molecule has 0 radical (unpaired) electrons.